The largest absolute Gasteiger partial charge is 0.366 e. The fourth-order valence-corrected chi connectivity index (χ4v) is 4.35. The quantitative estimate of drug-likeness (QED) is 0.453. The Morgan fingerprint density at radius 2 is 1.41 bits per heavy atom. The summed E-state index contributed by atoms with van der Waals surface area (Å²) in [5, 5.41) is 0.704. The number of para-hydroxylation sites is 1. The summed E-state index contributed by atoms with van der Waals surface area (Å²) in [5.74, 6) is -2.31. The van der Waals surface area contributed by atoms with Crippen LogP contribution in [0.5, 0.6) is 0 Å². The molecule has 1 saturated heterocycles. The van der Waals surface area contributed by atoms with Gasteiger partial charge in [-0.2, -0.15) is 0 Å². The summed E-state index contributed by atoms with van der Waals surface area (Å²) >= 11 is 0. The van der Waals surface area contributed by atoms with E-state index in [1.54, 1.807) is 47.4 Å². The average Bonchev–Trinajstić information content (AvgIpc) is 2.85. The van der Waals surface area contributed by atoms with Gasteiger partial charge in [0, 0.05) is 49.2 Å². The van der Waals surface area contributed by atoms with E-state index in [0.717, 1.165) is 10.6 Å². The van der Waals surface area contributed by atoms with E-state index >= 15 is 0 Å². The minimum Gasteiger partial charge on any atom is -0.366 e. The Bertz CT molecular complexity index is 1460. The summed E-state index contributed by atoms with van der Waals surface area (Å²) in [6.07, 6.45) is 1.31. The molecule has 4 aromatic rings. The van der Waals surface area contributed by atoms with Gasteiger partial charge in [0.05, 0.1) is 16.9 Å². The third-order valence-electron chi connectivity index (χ3n) is 6.08. The van der Waals surface area contributed by atoms with Gasteiger partial charge >= 0.3 is 0 Å². The first-order valence-corrected chi connectivity index (χ1v) is 10.8. The van der Waals surface area contributed by atoms with Crippen LogP contribution in [0, 0.1) is 17.5 Å². The Morgan fingerprint density at radius 1 is 0.735 bits per heavy atom. The first-order chi connectivity index (χ1) is 16.4. The highest BCUT2D eigenvalue weighted by Gasteiger charge is 2.26. The number of hydrogen-bond acceptors (Lipinski definition) is 3. The van der Waals surface area contributed by atoms with E-state index < -0.39 is 17.2 Å². The van der Waals surface area contributed by atoms with Crippen molar-refractivity contribution in [1.82, 2.24) is 9.47 Å². The normalized spacial score (nSPS) is 14.0. The summed E-state index contributed by atoms with van der Waals surface area (Å²) in [4.78, 5) is 30.1. The molecule has 3 aromatic carbocycles. The number of anilines is 1. The molecule has 1 aliphatic heterocycles. The molecule has 8 heteroatoms. The summed E-state index contributed by atoms with van der Waals surface area (Å²) in [7, 11) is 0. The zero-order valence-electron chi connectivity index (χ0n) is 18.0. The van der Waals surface area contributed by atoms with Crippen molar-refractivity contribution in [2.45, 2.75) is 0 Å². The summed E-state index contributed by atoms with van der Waals surface area (Å²) < 4.78 is 43.1. The molecule has 1 amide bonds. The number of benzene rings is 3. The monoisotopic (exact) mass is 463 g/mol. The lowest BCUT2D eigenvalue weighted by molar-refractivity contribution is 0.0748. The van der Waals surface area contributed by atoms with Gasteiger partial charge in [-0.3, -0.25) is 14.2 Å². The maximum Gasteiger partial charge on any atom is 0.263 e. The van der Waals surface area contributed by atoms with Crippen LogP contribution in [0.4, 0.5) is 18.9 Å². The number of hydrogen-bond donors (Lipinski definition) is 0. The number of nitrogens with zero attached hydrogens (tertiary/aromatic N) is 3. The van der Waals surface area contributed by atoms with E-state index in [2.05, 4.69) is 0 Å². The van der Waals surface area contributed by atoms with E-state index in [1.807, 2.05) is 4.90 Å². The number of piperazine rings is 1. The van der Waals surface area contributed by atoms with Gasteiger partial charge in [0.25, 0.3) is 11.5 Å². The van der Waals surface area contributed by atoms with Crippen LogP contribution in [0.15, 0.2) is 77.7 Å². The molecule has 34 heavy (non-hydrogen) atoms. The molecule has 0 aliphatic carbocycles. The van der Waals surface area contributed by atoms with Crippen LogP contribution in [-0.4, -0.2) is 41.6 Å². The summed E-state index contributed by atoms with van der Waals surface area (Å²) in [5.41, 5.74) is 0.0660. The maximum atomic E-state index is 14.5. The second-order valence-electron chi connectivity index (χ2n) is 8.09. The molecular weight excluding hydrogens is 443 g/mol. The number of aromatic nitrogens is 1. The van der Waals surface area contributed by atoms with E-state index in [9.17, 15) is 22.8 Å². The van der Waals surface area contributed by atoms with Crippen molar-refractivity contribution in [3.8, 4) is 5.69 Å². The van der Waals surface area contributed by atoms with Crippen LogP contribution >= 0.6 is 0 Å². The van der Waals surface area contributed by atoms with Crippen molar-refractivity contribution >= 4 is 22.4 Å². The summed E-state index contributed by atoms with van der Waals surface area (Å²) in [6.45, 7) is 1.59. The second-order valence-corrected chi connectivity index (χ2v) is 8.09. The number of pyridine rings is 1. The fourth-order valence-electron chi connectivity index (χ4n) is 4.35. The third kappa shape index (κ3) is 3.81. The lowest BCUT2D eigenvalue weighted by atomic mass is 10.1. The van der Waals surface area contributed by atoms with E-state index in [-0.39, 0.29) is 28.4 Å². The van der Waals surface area contributed by atoms with Gasteiger partial charge in [-0.15, -0.1) is 0 Å². The number of fused-ring (bicyclic) bond motifs is 1. The van der Waals surface area contributed by atoms with Crippen LogP contribution < -0.4 is 10.5 Å². The van der Waals surface area contributed by atoms with Crippen molar-refractivity contribution in [1.29, 1.82) is 0 Å². The zero-order valence-corrected chi connectivity index (χ0v) is 18.0. The molecule has 0 atom stereocenters. The molecule has 0 unspecified atom stereocenters. The highest BCUT2D eigenvalue weighted by molar-refractivity contribution is 6.06. The number of amides is 1. The molecule has 0 bridgehead atoms. The Balaban J connectivity index is 1.51. The van der Waals surface area contributed by atoms with Gasteiger partial charge in [-0.1, -0.05) is 30.3 Å². The van der Waals surface area contributed by atoms with Crippen molar-refractivity contribution < 1.29 is 18.0 Å². The van der Waals surface area contributed by atoms with Gasteiger partial charge in [0.15, 0.2) is 0 Å². The van der Waals surface area contributed by atoms with Crippen LogP contribution in [0.25, 0.3) is 16.5 Å². The summed E-state index contributed by atoms with van der Waals surface area (Å²) in [6, 6.07) is 16.0. The highest BCUT2D eigenvalue weighted by atomic mass is 19.1. The first-order valence-electron chi connectivity index (χ1n) is 10.8. The second kappa shape index (κ2) is 8.70. The predicted octanol–water partition coefficient (Wildman–Crippen LogP) is 4.37. The van der Waals surface area contributed by atoms with Crippen LogP contribution in [0.1, 0.15) is 10.4 Å². The standard InChI is InChI=1S/C26H20F3N3O2/c27-17-9-10-24(22(29)15-17)32-16-20(18-5-1-2-6-19(18)26(32)34)25(33)31-13-11-30(12-14-31)23-8-4-3-7-21(23)28/h1-10,15-16H,11-14H2. The molecule has 1 fully saturated rings. The Morgan fingerprint density at radius 3 is 2.12 bits per heavy atom. The molecule has 1 aromatic heterocycles. The van der Waals surface area contributed by atoms with Gasteiger partial charge in [-0.25, -0.2) is 13.2 Å². The zero-order chi connectivity index (χ0) is 23.8. The molecule has 0 radical (unpaired) electrons. The van der Waals surface area contributed by atoms with Gasteiger partial charge in [-0.05, 0) is 30.3 Å². The molecule has 0 saturated carbocycles. The van der Waals surface area contributed by atoms with Crippen molar-refractivity contribution in [2.24, 2.45) is 0 Å². The maximum absolute atomic E-state index is 14.5. The van der Waals surface area contributed by atoms with Crippen molar-refractivity contribution in [3.05, 3.63) is 106 Å². The third-order valence-corrected chi connectivity index (χ3v) is 6.08. The van der Waals surface area contributed by atoms with Crippen LogP contribution in [0.2, 0.25) is 0 Å². The van der Waals surface area contributed by atoms with Crippen molar-refractivity contribution in [2.75, 3.05) is 31.1 Å². The van der Waals surface area contributed by atoms with Gasteiger partial charge < -0.3 is 9.80 Å². The highest BCUT2D eigenvalue weighted by Crippen LogP contribution is 2.24. The number of carbonyl (C=O) groups excluding carboxylic acids is 1. The van der Waals surface area contributed by atoms with Gasteiger partial charge in [0.2, 0.25) is 0 Å². The molecule has 0 N–H and O–H groups in total. The molecule has 5 nitrogen and oxygen atoms in total. The Labute approximate surface area is 193 Å². The van der Waals surface area contributed by atoms with E-state index in [1.165, 1.54) is 18.3 Å². The van der Waals surface area contributed by atoms with Gasteiger partial charge in [0.1, 0.15) is 17.5 Å². The lowest BCUT2D eigenvalue weighted by Gasteiger charge is -2.36. The average molecular weight is 463 g/mol. The smallest absolute Gasteiger partial charge is 0.263 e. The molecule has 2 heterocycles. The minimum atomic E-state index is -0.908. The molecule has 0 spiro atoms. The number of carbonyl (C=O) groups is 1. The molecule has 172 valence electrons. The number of halogens is 3. The topological polar surface area (TPSA) is 45.6 Å². The molecular formula is C26H20F3N3O2. The van der Waals surface area contributed by atoms with E-state index in [0.29, 0.717) is 43.3 Å². The van der Waals surface area contributed by atoms with E-state index in [4.69, 9.17) is 0 Å². The molecule has 1 aliphatic rings. The minimum absolute atomic E-state index is 0.143. The predicted molar refractivity (Wildman–Crippen MR) is 124 cm³/mol. The Kier molecular flexibility index (Phi) is 5.57. The fraction of sp³-hybridized carbons (Fsp3) is 0.154. The van der Waals surface area contributed by atoms with Crippen molar-refractivity contribution in [3.63, 3.8) is 0 Å². The molecule has 5 rings (SSSR count). The SMILES string of the molecule is O=C(c1cn(-c2ccc(F)cc2F)c(=O)c2ccccc12)N1CCN(c2ccccc2F)CC1. The first kappa shape index (κ1) is 21.8. The van der Waals surface area contributed by atoms with Crippen LogP contribution in [0.3, 0.4) is 0 Å². The Hall–Kier alpha value is -4.07. The number of rotatable bonds is 3. The van der Waals surface area contributed by atoms with Crippen LogP contribution in [-0.2, 0) is 0 Å². The lowest BCUT2D eigenvalue weighted by Crippen LogP contribution is -2.49.